The second-order valence-electron chi connectivity index (χ2n) is 4.79. The van der Waals surface area contributed by atoms with Crippen molar-refractivity contribution in [2.24, 2.45) is 5.92 Å². The third-order valence-corrected chi connectivity index (χ3v) is 2.86. The van der Waals surface area contributed by atoms with Crippen LogP contribution in [0.5, 0.6) is 0 Å². The van der Waals surface area contributed by atoms with Crippen molar-refractivity contribution >= 4 is 5.97 Å². The number of benzene rings is 1. The molecule has 0 saturated heterocycles. The van der Waals surface area contributed by atoms with Gasteiger partial charge in [-0.2, -0.15) is 0 Å². The first-order valence-corrected chi connectivity index (χ1v) is 5.64. The van der Waals surface area contributed by atoms with Crippen LogP contribution < -0.4 is 0 Å². The monoisotopic (exact) mass is 220 g/mol. The van der Waals surface area contributed by atoms with Gasteiger partial charge in [-0.15, -0.1) is 0 Å². The van der Waals surface area contributed by atoms with Crippen molar-refractivity contribution < 1.29 is 9.53 Å². The summed E-state index contributed by atoms with van der Waals surface area (Å²) in [4.78, 5) is 11.9. The summed E-state index contributed by atoms with van der Waals surface area (Å²) in [5.41, 5.74) is 0.486. The van der Waals surface area contributed by atoms with Crippen LogP contribution in [-0.2, 0) is 14.9 Å². The van der Waals surface area contributed by atoms with Crippen molar-refractivity contribution in [3.63, 3.8) is 0 Å². The average Bonchev–Trinajstić information content (AvgIpc) is 2.28. The minimum Gasteiger partial charge on any atom is -0.468 e. The third kappa shape index (κ3) is 2.63. The highest BCUT2D eigenvalue weighted by atomic mass is 16.5. The molecular weight excluding hydrogens is 200 g/mol. The maximum atomic E-state index is 11.9. The molecule has 0 bridgehead atoms. The van der Waals surface area contributed by atoms with Gasteiger partial charge in [0.05, 0.1) is 12.5 Å². The molecule has 0 aromatic heterocycles. The summed E-state index contributed by atoms with van der Waals surface area (Å²) in [7, 11) is 1.45. The Morgan fingerprint density at radius 2 is 1.88 bits per heavy atom. The summed E-state index contributed by atoms with van der Waals surface area (Å²) >= 11 is 0. The van der Waals surface area contributed by atoms with Gasteiger partial charge in [0.25, 0.3) is 0 Å². The Balaban J connectivity index is 3.09. The van der Waals surface area contributed by atoms with Gasteiger partial charge in [-0.05, 0) is 24.8 Å². The number of ether oxygens (including phenoxy) is 1. The summed E-state index contributed by atoms with van der Waals surface area (Å²) in [6.07, 6.45) is 0.795. The van der Waals surface area contributed by atoms with Crippen molar-refractivity contribution in [2.45, 2.75) is 32.6 Å². The number of carbonyl (C=O) groups excluding carboxylic acids is 1. The van der Waals surface area contributed by atoms with Crippen LogP contribution in [-0.4, -0.2) is 13.1 Å². The van der Waals surface area contributed by atoms with Gasteiger partial charge in [0.1, 0.15) is 0 Å². The first kappa shape index (κ1) is 12.8. The lowest BCUT2D eigenvalue weighted by atomic mass is 9.76. The van der Waals surface area contributed by atoms with E-state index in [0.29, 0.717) is 5.92 Å². The Kier molecular flexibility index (Phi) is 4.11. The van der Waals surface area contributed by atoms with Crippen molar-refractivity contribution in [3.05, 3.63) is 35.9 Å². The highest BCUT2D eigenvalue weighted by Gasteiger charge is 2.36. The summed E-state index contributed by atoms with van der Waals surface area (Å²) < 4.78 is 4.93. The topological polar surface area (TPSA) is 26.3 Å². The van der Waals surface area contributed by atoms with Crippen molar-refractivity contribution in [2.75, 3.05) is 7.11 Å². The molecule has 1 unspecified atom stereocenters. The summed E-state index contributed by atoms with van der Waals surface area (Å²) in [6, 6.07) is 9.84. The number of methoxy groups -OCH3 is 1. The summed E-state index contributed by atoms with van der Waals surface area (Å²) in [5, 5.41) is 0. The fourth-order valence-electron chi connectivity index (χ4n) is 2.17. The largest absolute Gasteiger partial charge is 0.468 e. The first-order valence-electron chi connectivity index (χ1n) is 5.64. The Labute approximate surface area is 97.6 Å². The molecule has 0 fully saturated rings. The summed E-state index contributed by atoms with van der Waals surface area (Å²) in [5.74, 6) is 0.289. The molecule has 88 valence electrons. The lowest BCUT2D eigenvalue weighted by molar-refractivity contribution is -0.147. The van der Waals surface area contributed by atoms with Crippen LogP contribution in [0.15, 0.2) is 30.3 Å². The Morgan fingerprint density at radius 1 is 1.31 bits per heavy atom. The SMILES string of the molecule is COC(=O)C(C)(CC(C)C)c1ccccc1. The van der Waals surface area contributed by atoms with E-state index in [1.165, 1.54) is 7.11 Å². The predicted octanol–water partition coefficient (Wildman–Crippen LogP) is 3.16. The minimum absolute atomic E-state index is 0.160. The van der Waals surface area contributed by atoms with E-state index < -0.39 is 5.41 Å². The van der Waals surface area contributed by atoms with Crippen LogP contribution >= 0.6 is 0 Å². The van der Waals surface area contributed by atoms with E-state index in [1.54, 1.807) is 0 Å². The van der Waals surface area contributed by atoms with E-state index in [1.807, 2.05) is 37.3 Å². The molecule has 1 atom stereocenters. The van der Waals surface area contributed by atoms with Crippen LogP contribution in [0.25, 0.3) is 0 Å². The van der Waals surface area contributed by atoms with Crippen molar-refractivity contribution in [3.8, 4) is 0 Å². The lowest BCUT2D eigenvalue weighted by Crippen LogP contribution is -2.35. The van der Waals surface area contributed by atoms with Gasteiger partial charge < -0.3 is 4.74 Å². The molecule has 0 amide bonds. The zero-order valence-corrected chi connectivity index (χ0v) is 10.5. The average molecular weight is 220 g/mol. The minimum atomic E-state index is -0.538. The van der Waals surface area contributed by atoms with Gasteiger partial charge in [-0.25, -0.2) is 0 Å². The Hall–Kier alpha value is -1.31. The summed E-state index contributed by atoms with van der Waals surface area (Å²) in [6.45, 7) is 6.18. The standard InChI is InChI=1S/C14H20O2/c1-11(2)10-14(3,13(15)16-4)12-8-6-5-7-9-12/h5-9,11H,10H2,1-4H3. The van der Waals surface area contributed by atoms with Gasteiger partial charge in [0.2, 0.25) is 0 Å². The van der Waals surface area contributed by atoms with Crippen LogP contribution in [0.4, 0.5) is 0 Å². The predicted molar refractivity (Wildman–Crippen MR) is 65.3 cm³/mol. The van der Waals surface area contributed by atoms with Gasteiger partial charge in [0.15, 0.2) is 0 Å². The molecule has 0 heterocycles. The third-order valence-electron chi connectivity index (χ3n) is 2.86. The van der Waals surface area contributed by atoms with Gasteiger partial charge >= 0.3 is 5.97 Å². The normalized spacial score (nSPS) is 14.6. The van der Waals surface area contributed by atoms with Crippen LogP contribution in [0.3, 0.4) is 0 Å². The maximum absolute atomic E-state index is 11.9. The number of hydrogen-bond acceptors (Lipinski definition) is 2. The van der Waals surface area contributed by atoms with Crippen LogP contribution in [0.1, 0.15) is 32.8 Å². The molecule has 0 spiro atoms. The molecule has 0 N–H and O–H groups in total. The maximum Gasteiger partial charge on any atom is 0.316 e. The smallest absolute Gasteiger partial charge is 0.316 e. The van der Waals surface area contributed by atoms with Crippen molar-refractivity contribution in [1.82, 2.24) is 0 Å². The second-order valence-corrected chi connectivity index (χ2v) is 4.79. The van der Waals surface area contributed by atoms with Crippen LogP contribution in [0.2, 0.25) is 0 Å². The van der Waals surface area contributed by atoms with E-state index in [9.17, 15) is 4.79 Å². The molecule has 1 rings (SSSR count). The van der Waals surface area contributed by atoms with E-state index in [0.717, 1.165) is 12.0 Å². The van der Waals surface area contributed by atoms with E-state index in [-0.39, 0.29) is 5.97 Å². The molecule has 0 radical (unpaired) electrons. The van der Waals surface area contributed by atoms with Crippen molar-refractivity contribution in [1.29, 1.82) is 0 Å². The fraction of sp³-hybridized carbons (Fsp3) is 0.500. The molecule has 0 saturated carbocycles. The zero-order valence-electron chi connectivity index (χ0n) is 10.5. The molecule has 2 heteroatoms. The number of carbonyl (C=O) groups is 1. The molecule has 0 aliphatic heterocycles. The highest BCUT2D eigenvalue weighted by Crippen LogP contribution is 2.32. The molecule has 16 heavy (non-hydrogen) atoms. The number of esters is 1. The molecule has 1 aromatic carbocycles. The second kappa shape index (κ2) is 5.15. The molecule has 0 aliphatic carbocycles. The van der Waals surface area contributed by atoms with E-state index in [2.05, 4.69) is 13.8 Å². The number of rotatable bonds is 4. The highest BCUT2D eigenvalue weighted by molar-refractivity contribution is 5.82. The number of hydrogen-bond donors (Lipinski definition) is 0. The first-order chi connectivity index (χ1) is 7.50. The van der Waals surface area contributed by atoms with E-state index in [4.69, 9.17) is 4.74 Å². The molecular formula is C14H20O2. The zero-order chi connectivity index (χ0) is 12.2. The van der Waals surface area contributed by atoms with Gasteiger partial charge in [0, 0.05) is 0 Å². The van der Waals surface area contributed by atoms with Crippen LogP contribution in [0, 0.1) is 5.92 Å². The Bertz CT molecular complexity index is 343. The van der Waals surface area contributed by atoms with Gasteiger partial charge in [-0.1, -0.05) is 44.2 Å². The quantitative estimate of drug-likeness (QED) is 0.728. The van der Waals surface area contributed by atoms with E-state index >= 15 is 0 Å². The molecule has 1 aromatic rings. The Morgan fingerprint density at radius 3 is 2.31 bits per heavy atom. The van der Waals surface area contributed by atoms with Gasteiger partial charge in [-0.3, -0.25) is 4.79 Å². The lowest BCUT2D eigenvalue weighted by Gasteiger charge is -2.28. The molecule has 0 aliphatic rings. The fourth-order valence-corrected chi connectivity index (χ4v) is 2.17. The molecule has 2 nitrogen and oxygen atoms in total.